The number of aromatic nitrogens is 2. The van der Waals surface area contributed by atoms with Gasteiger partial charge in [0.05, 0.1) is 0 Å². The fourth-order valence-electron chi connectivity index (χ4n) is 1.60. The van der Waals surface area contributed by atoms with Crippen LogP contribution in [0, 0.1) is 0 Å². The molecule has 0 aromatic carbocycles. The van der Waals surface area contributed by atoms with Crippen molar-refractivity contribution in [2.45, 2.75) is 39.5 Å². The molecular formula is C11H18N2O4. The fraction of sp³-hybridized carbons (Fsp3) is 0.636. The summed E-state index contributed by atoms with van der Waals surface area (Å²) in [6, 6.07) is 0. The Hall–Kier alpha value is -1.56. The third-order valence-corrected chi connectivity index (χ3v) is 2.53. The number of carboxylic acids is 1. The van der Waals surface area contributed by atoms with Crippen molar-refractivity contribution in [1.82, 2.24) is 9.13 Å². The Kier molecular flexibility index (Phi) is 4.96. The van der Waals surface area contributed by atoms with Gasteiger partial charge in [0.15, 0.2) is 6.10 Å². The maximum Gasteiger partial charge on any atom is 0.332 e. The van der Waals surface area contributed by atoms with Crippen LogP contribution in [0.25, 0.3) is 0 Å². The van der Waals surface area contributed by atoms with Crippen molar-refractivity contribution >= 4 is 5.97 Å². The van der Waals surface area contributed by atoms with Crippen molar-refractivity contribution in [2.24, 2.45) is 0 Å². The van der Waals surface area contributed by atoms with Crippen LogP contribution in [0.5, 0.6) is 0 Å². The first-order chi connectivity index (χ1) is 8.10. The molecule has 0 bridgehead atoms. The molecule has 0 amide bonds. The van der Waals surface area contributed by atoms with Crippen LogP contribution in [0.1, 0.15) is 20.3 Å². The summed E-state index contributed by atoms with van der Waals surface area (Å²) in [5.41, 5.74) is -0.117. The Labute approximate surface area is 99.4 Å². The van der Waals surface area contributed by atoms with Crippen LogP contribution in [-0.2, 0) is 22.6 Å². The van der Waals surface area contributed by atoms with Crippen LogP contribution in [0.4, 0.5) is 0 Å². The lowest BCUT2D eigenvalue weighted by atomic mass is 10.2. The predicted octanol–water partition coefficient (Wildman–Crippen LogP) is 0.549. The molecule has 17 heavy (non-hydrogen) atoms. The van der Waals surface area contributed by atoms with Gasteiger partial charge in [-0.25, -0.2) is 9.59 Å². The van der Waals surface area contributed by atoms with Crippen molar-refractivity contribution in [3.05, 3.63) is 22.9 Å². The molecule has 6 heteroatoms. The number of carboxylic acid groups (broad SMARTS) is 1. The lowest BCUT2D eigenvalue weighted by Crippen LogP contribution is -2.29. The highest BCUT2D eigenvalue weighted by molar-refractivity contribution is 5.72. The van der Waals surface area contributed by atoms with E-state index in [2.05, 4.69) is 0 Å². The van der Waals surface area contributed by atoms with Crippen LogP contribution in [-0.4, -0.2) is 32.9 Å². The Bertz CT molecular complexity index is 421. The van der Waals surface area contributed by atoms with E-state index < -0.39 is 12.1 Å². The predicted molar refractivity (Wildman–Crippen MR) is 62.0 cm³/mol. The first-order valence-electron chi connectivity index (χ1n) is 5.70. The molecule has 6 nitrogen and oxygen atoms in total. The third kappa shape index (κ3) is 3.45. The average Bonchev–Trinajstić information content (AvgIpc) is 2.65. The van der Waals surface area contributed by atoms with Gasteiger partial charge in [-0.15, -0.1) is 0 Å². The first-order valence-corrected chi connectivity index (χ1v) is 5.70. The second-order valence-corrected chi connectivity index (χ2v) is 3.63. The first kappa shape index (κ1) is 13.5. The van der Waals surface area contributed by atoms with E-state index in [1.165, 1.54) is 4.57 Å². The summed E-state index contributed by atoms with van der Waals surface area (Å²) in [5.74, 6) is -0.991. The number of hydrogen-bond acceptors (Lipinski definition) is 3. The third-order valence-electron chi connectivity index (χ3n) is 2.53. The van der Waals surface area contributed by atoms with Crippen molar-refractivity contribution in [3.8, 4) is 0 Å². The van der Waals surface area contributed by atoms with Gasteiger partial charge < -0.3 is 9.84 Å². The van der Waals surface area contributed by atoms with Crippen molar-refractivity contribution < 1.29 is 14.6 Å². The molecule has 0 radical (unpaired) electrons. The standard InChI is InChI=1S/C11H18N2O4/c1-3-12-7-8-13(11(12)16)6-5-9(10(14)15)17-4-2/h7-9H,3-6H2,1-2H3,(H,14,15). The van der Waals surface area contributed by atoms with Crippen molar-refractivity contribution in [3.63, 3.8) is 0 Å². The summed E-state index contributed by atoms with van der Waals surface area (Å²) < 4.78 is 8.14. The summed E-state index contributed by atoms with van der Waals surface area (Å²) in [6.45, 7) is 4.94. The van der Waals surface area contributed by atoms with Crippen LogP contribution >= 0.6 is 0 Å². The Morgan fingerprint density at radius 3 is 2.53 bits per heavy atom. The van der Waals surface area contributed by atoms with Crippen LogP contribution in [0.15, 0.2) is 17.2 Å². The fourth-order valence-corrected chi connectivity index (χ4v) is 1.60. The highest BCUT2D eigenvalue weighted by Crippen LogP contribution is 2.01. The van der Waals surface area contributed by atoms with Gasteiger partial charge in [0, 0.05) is 38.5 Å². The van der Waals surface area contributed by atoms with E-state index in [9.17, 15) is 9.59 Å². The molecule has 0 saturated carbocycles. The van der Waals surface area contributed by atoms with Gasteiger partial charge in [-0.3, -0.25) is 9.13 Å². The van der Waals surface area contributed by atoms with Gasteiger partial charge in [-0.05, 0) is 13.8 Å². The van der Waals surface area contributed by atoms with E-state index in [-0.39, 0.29) is 12.1 Å². The van der Waals surface area contributed by atoms with Crippen LogP contribution < -0.4 is 5.69 Å². The normalized spacial score (nSPS) is 12.6. The van der Waals surface area contributed by atoms with E-state index in [1.807, 2.05) is 6.92 Å². The molecular weight excluding hydrogens is 224 g/mol. The monoisotopic (exact) mass is 242 g/mol. The summed E-state index contributed by atoms with van der Waals surface area (Å²) in [6.07, 6.45) is 2.80. The lowest BCUT2D eigenvalue weighted by molar-refractivity contribution is -0.150. The summed E-state index contributed by atoms with van der Waals surface area (Å²) in [4.78, 5) is 22.5. The van der Waals surface area contributed by atoms with Crippen LogP contribution in [0.2, 0.25) is 0 Å². The maximum absolute atomic E-state index is 11.7. The number of aliphatic carboxylic acids is 1. The lowest BCUT2D eigenvalue weighted by Gasteiger charge is -2.11. The molecule has 0 fully saturated rings. The second-order valence-electron chi connectivity index (χ2n) is 3.63. The minimum atomic E-state index is -0.991. The Balaban J connectivity index is 2.62. The summed E-state index contributed by atoms with van der Waals surface area (Å²) in [7, 11) is 0. The Morgan fingerprint density at radius 2 is 2.06 bits per heavy atom. The molecule has 1 rings (SSSR count). The minimum Gasteiger partial charge on any atom is -0.479 e. The molecule has 0 aliphatic rings. The molecule has 1 N–H and O–H groups in total. The highest BCUT2D eigenvalue weighted by atomic mass is 16.5. The van der Waals surface area contributed by atoms with Crippen molar-refractivity contribution in [2.75, 3.05) is 6.61 Å². The number of imidazole rings is 1. The molecule has 0 saturated heterocycles. The van der Waals surface area contributed by atoms with Gasteiger partial charge in [0.25, 0.3) is 0 Å². The SMILES string of the molecule is CCOC(CCn1ccn(CC)c1=O)C(=O)O. The zero-order chi connectivity index (χ0) is 12.8. The van der Waals surface area contributed by atoms with Gasteiger partial charge >= 0.3 is 11.7 Å². The van der Waals surface area contributed by atoms with Gasteiger partial charge in [-0.2, -0.15) is 0 Å². The van der Waals surface area contributed by atoms with E-state index in [1.54, 1.807) is 23.9 Å². The van der Waals surface area contributed by atoms with E-state index in [0.717, 1.165) is 0 Å². The largest absolute Gasteiger partial charge is 0.479 e. The molecule has 0 aliphatic heterocycles. The van der Waals surface area contributed by atoms with Crippen LogP contribution in [0.3, 0.4) is 0 Å². The molecule has 1 aromatic heterocycles. The molecule has 0 spiro atoms. The number of aryl methyl sites for hydroxylation is 2. The molecule has 1 unspecified atom stereocenters. The quantitative estimate of drug-likeness (QED) is 0.757. The number of carbonyl (C=O) groups is 1. The van der Waals surface area contributed by atoms with Gasteiger partial charge in [0.1, 0.15) is 0 Å². The molecule has 0 aliphatic carbocycles. The van der Waals surface area contributed by atoms with Gasteiger partial charge in [0.2, 0.25) is 0 Å². The minimum absolute atomic E-state index is 0.117. The zero-order valence-corrected chi connectivity index (χ0v) is 10.1. The van der Waals surface area contributed by atoms with Crippen molar-refractivity contribution in [1.29, 1.82) is 0 Å². The molecule has 1 aromatic rings. The Morgan fingerprint density at radius 1 is 1.41 bits per heavy atom. The summed E-state index contributed by atoms with van der Waals surface area (Å²) >= 11 is 0. The number of rotatable bonds is 7. The molecule has 1 heterocycles. The number of hydrogen-bond donors (Lipinski definition) is 1. The molecule has 96 valence electrons. The summed E-state index contributed by atoms with van der Waals surface area (Å²) in [5, 5.41) is 8.89. The van der Waals surface area contributed by atoms with E-state index in [0.29, 0.717) is 19.7 Å². The highest BCUT2D eigenvalue weighted by Gasteiger charge is 2.17. The maximum atomic E-state index is 11.7. The number of nitrogens with zero attached hydrogens (tertiary/aromatic N) is 2. The zero-order valence-electron chi connectivity index (χ0n) is 10.1. The topological polar surface area (TPSA) is 73.5 Å². The van der Waals surface area contributed by atoms with E-state index in [4.69, 9.17) is 9.84 Å². The second kappa shape index (κ2) is 6.24. The average molecular weight is 242 g/mol. The van der Waals surface area contributed by atoms with Gasteiger partial charge in [-0.1, -0.05) is 0 Å². The molecule has 1 atom stereocenters. The smallest absolute Gasteiger partial charge is 0.332 e. The number of ether oxygens (including phenoxy) is 1. The van der Waals surface area contributed by atoms with E-state index >= 15 is 0 Å².